The van der Waals surface area contributed by atoms with Crippen molar-refractivity contribution in [1.29, 1.82) is 5.41 Å². The van der Waals surface area contributed by atoms with Crippen molar-refractivity contribution in [2.45, 2.75) is 12.8 Å². The molecular weight excluding hydrogens is 208 g/mol. The molecule has 2 nitrogen and oxygen atoms in total. The summed E-state index contributed by atoms with van der Waals surface area (Å²) < 4.78 is 0. The van der Waals surface area contributed by atoms with Crippen molar-refractivity contribution < 1.29 is 0 Å². The molecule has 1 aromatic rings. The van der Waals surface area contributed by atoms with E-state index in [1.54, 1.807) is 6.08 Å². The van der Waals surface area contributed by atoms with E-state index in [4.69, 9.17) is 11.1 Å². The van der Waals surface area contributed by atoms with E-state index in [0.717, 1.165) is 24.0 Å². The van der Waals surface area contributed by atoms with E-state index in [-0.39, 0.29) is 0 Å². The number of rotatable bonds is 3. The van der Waals surface area contributed by atoms with Gasteiger partial charge < -0.3 is 11.1 Å². The lowest BCUT2D eigenvalue weighted by atomic mass is 10.00. The molecule has 17 heavy (non-hydrogen) atoms. The van der Waals surface area contributed by atoms with Crippen molar-refractivity contribution >= 4 is 5.71 Å². The molecule has 0 amide bonds. The standard InChI is InChI=1S/C15H16N2/c16-14(12-7-3-1-4-8-12)11-15(17)13-9-5-2-6-10-13/h1-5,7-9,11,16H,6,10,17H2. The fourth-order valence-corrected chi connectivity index (χ4v) is 1.79. The second-order valence-corrected chi connectivity index (χ2v) is 4.04. The summed E-state index contributed by atoms with van der Waals surface area (Å²) >= 11 is 0. The molecule has 0 radical (unpaired) electrons. The Morgan fingerprint density at radius 3 is 2.65 bits per heavy atom. The maximum absolute atomic E-state index is 7.98. The van der Waals surface area contributed by atoms with Gasteiger partial charge in [0.1, 0.15) is 0 Å². The van der Waals surface area contributed by atoms with E-state index in [2.05, 4.69) is 6.08 Å². The summed E-state index contributed by atoms with van der Waals surface area (Å²) in [5.41, 5.74) is 9.17. The Morgan fingerprint density at radius 2 is 2.00 bits per heavy atom. The normalized spacial score (nSPS) is 15.5. The third kappa shape index (κ3) is 2.94. The Morgan fingerprint density at radius 1 is 1.24 bits per heavy atom. The van der Waals surface area contributed by atoms with Gasteiger partial charge in [-0.1, -0.05) is 48.6 Å². The van der Waals surface area contributed by atoms with E-state index in [0.29, 0.717) is 11.4 Å². The van der Waals surface area contributed by atoms with Crippen molar-refractivity contribution in [3.8, 4) is 0 Å². The van der Waals surface area contributed by atoms with Crippen LogP contribution in [0.3, 0.4) is 0 Å². The molecule has 86 valence electrons. The molecule has 1 aliphatic carbocycles. The lowest BCUT2D eigenvalue weighted by molar-refractivity contribution is 0.962. The Bertz CT molecular complexity index is 493. The third-order valence-corrected chi connectivity index (χ3v) is 2.77. The smallest absolute Gasteiger partial charge is 0.0632 e. The summed E-state index contributed by atoms with van der Waals surface area (Å²) in [6.45, 7) is 0. The molecule has 0 spiro atoms. The minimum atomic E-state index is 0.457. The monoisotopic (exact) mass is 224 g/mol. The van der Waals surface area contributed by atoms with Crippen molar-refractivity contribution in [3.63, 3.8) is 0 Å². The maximum Gasteiger partial charge on any atom is 0.0632 e. The molecule has 0 aromatic heterocycles. The highest BCUT2D eigenvalue weighted by atomic mass is 14.6. The van der Waals surface area contributed by atoms with Crippen LogP contribution in [0.15, 0.2) is 65.9 Å². The second kappa shape index (κ2) is 5.30. The summed E-state index contributed by atoms with van der Waals surface area (Å²) in [6, 6.07) is 9.63. The zero-order valence-electron chi connectivity index (χ0n) is 9.69. The fourth-order valence-electron chi connectivity index (χ4n) is 1.79. The summed E-state index contributed by atoms with van der Waals surface area (Å²) in [4.78, 5) is 0. The number of benzene rings is 1. The van der Waals surface area contributed by atoms with Crippen LogP contribution in [-0.2, 0) is 0 Å². The Kier molecular flexibility index (Phi) is 3.55. The van der Waals surface area contributed by atoms with Gasteiger partial charge in [-0.05, 0) is 30.1 Å². The van der Waals surface area contributed by atoms with Crippen LogP contribution in [0.1, 0.15) is 18.4 Å². The highest BCUT2D eigenvalue weighted by Crippen LogP contribution is 2.17. The molecule has 1 aromatic carbocycles. The fraction of sp³-hybridized carbons (Fsp3) is 0.133. The molecule has 2 heteroatoms. The Hall–Kier alpha value is -2.09. The van der Waals surface area contributed by atoms with Crippen LogP contribution in [0.25, 0.3) is 0 Å². The van der Waals surface area contributed by atoms with Crippen LogP contribution in [-0.4, -0.2) is 5.71 Å². The third-order valence-electron chi connectivity index (χ3n) is 2.77. The van der Waals surface area contributed by atoms with E-state index in [1.165, 1.54) is 0 Å². The van der Waals surface area contributed by atoms with Crippen LogP contribution in [0, 0.1) is 5.41 Å². The van der Waals surface area contributed by atoms with Crippen LogP contribution in [0.4, 0.5) is 0 Å². The average molecular weight is 224 g/mol. The van der Waals surface area contributed by atoms with Crippen LogP contribution in [0.5, 0.6) is 0 Å². The Labute approximate surface area is 102 Å². The largest absolute Gasteiger partial charge is 0.398 e. The predicted octanol–water partition coefficient (Wildman–Crippen LogP) is 3.17. The van der Waals surface area contributed by atoms with Gasteiger partial charge in [0.15, 0.2) is 0 Å². The number of hydrogen-bond acceptors (Lipinski definition) is 2. The molecule has 1 aliphatic rings. The molecule has 0 atom stereocenters. The summed E-state index contributed by atoms with van der Waals surface area (Å²) in [5, 5.41) is 7.98. The topological polar surface area (TPSA) is 49.9 Å². The molecule has 0 unspecified atom stereocenters. The number of nitrogens with two attached hydrogens (primary N) is 1. The summed E-state index contributed by atoms with van der Waals surface area (Å²) in [5.74, 6) is 0. The number of allylic oxidation sites excluding steroid dienone is 5. The van der Waals surface area contributed by atoms with Gasteiger partial charge in [0.05, 0.1) is 5.71 Å². The summed E-state index contributed by atoms with van der Waals surface area (Å²) in [7, 11) is 0. The first-order valence-corrected chi connectivity index (χ1v) is 5.74. The van der Waals surface area contributed by atoms with Crippen molar-refractivity contribution in [2.75, 3.05) is 0 Å². The lowest BCUT2D eigenvalue weighted by Crippen LogP contribution is -2.06. The zero-order chi connectivity index (χ0) is 12.1. The molecule has 0 heterocycles. The SMILES string of the molecule is N=C(C=C(N)C1=CC=CCC1)c1ccccc1. The highest BCUT2D eigenvalue weighted by molar-refractivity contribution is 6.07. The molecule has 0 aliphatic heterocycles. The van der Waals surface area contributed by atoms with E-state index in [9.17, 15) is 0 Å². The van der Waals surface area contributed by atoms with E-state index < -0.39 is 0 Å². The average Bonchev–Trinajstić information content (AvgIpc) is 2.40. The number of nitrogens with one attached hydrogen (secondary N) is 1. The minimum Gasteiger partial charge on any atom is -0.398 e. The van der Waals surface area contributed by atoms with Gasteiger partial charge in [-0.2, -0.15) is 0 Å². The van der Waals surface area contributed by atoms with Gasteiger partial charge in [0.2, 0.25) is 0 Å². The van der Waals surface area contributed by atoms with Crippen molar-refractivity contribution in [1.82, 2.24) is 0 Å². The van der Waals surface area contributed by atoms with Gasteiger partial charge >= 0.3 is 0 Å². The van der Waals surface area contributed by atoms with Gasteiger partial charge in [0, 0.05) is 5.70 Å². The minimum absolute atomic E-state index is 0.457. The van der Waals surface area contributed by atoms with Crippen LogP contribution >= 0.6 is 0 Å². The van der Waals surface area contributed by atoms with Crippen molar-refractivity contribution in [2.24, 2.45) is 5.73 Å². The van der Waals surface area contributed by atoms with E-state index >= 15 is 0 Å². The summed E-state index contributed by atoms with van der Waals surface area (Å²) in [6.07, 6.45) is 9.89. The second-order valence-electron chi connectivity index (χ2n) is 4.04. The predicted molar refractivity (Wildman–Crippen MR) is 72.0 cm³/mol. The van der Waals surface area contributed by atoms with Gasteiger partial charge in [0.25, 0.3) is 0 Å². The van der Waals surface area contributed by atoms with Crippen molar-refractivity contribution in [3.05, 3.63) is 71.5 Å². The van der Waals surface area contributed by atoms with Crippen LogP contribution in [0.2, 0.25) is 0 Å². The first-order valence-electron chi connectivity index (χ1n) is 5.74. The number of hydrogen-bond donors (Lipinski definition) is 2. The first kappa shape index (κ1) is 11.4. The maximum atomic E-state index is 7.98. The molecule has 2 rings (SSSR count). The molecule has 0 bridgehead atoms. The molecule has 0 saturated carbocycles. The quantitative estimate of drug-likeness (QED) is 0.761. The first-order chi connectivity index (χ1) is 8.27. The van der Waals surface area contributed by atoms with Gasteiger partial charge in [-0.3, -0.25) is 0 Å². The van der Waals surface area contributed by atoms with Gasteiger partial charge in [-0.15, -0.1) is 0 Å². The zero-order valence-corrected chi connectivity index (χ0v) is 9.69. The lowest BCUT2D eigenvalue weighted by Gasteiger charge is -2.09. The Balaban J connectivity index is 2.17. The van der Waals surface area contributed by atoms with Gasteiger partial charge in [-0.25, -0.2) is 0 Å². The van der Waals surface area contributed by atoms with E-state index in [1.807, 2.05) is 42.5 Å². The van der Waals surface area contributed by atoms with Crippen LogP contribution < -0.4 is 5.73 Å². The molecule has 3 N–H and O–H groups in total. The molecule has 0 fully saturated rings. The molecular formula is C15H16N2. The molecule has 0 saturated heterocycles. The highest BCUT2D eigenvalue weighted by Gasteiger charge is 2.04.